The van der Waals surface area contributed by atoms with Gasteiger partial charge in [0.25, 0.3) is 0 Å². The van der Waals surface area contributed by atoms with E-state index in [1.807, 2.05) is 6.92 Å². The average Bonchev–Trinajstić information content (AvgIpc) is 2.35. The van der Waals surface area contributed by atoms with Crippen LogP contribution in [0.5, 0.6) is 5.75 Å². The maximum Gasteiger partial charge on any atom is 0.201 e. The van der Waals surface area contributed by atoms with Gasteiger partial charge in [-0.25, -0.2) is 4.39 Å². The zero-order valence-corrected chi connectivity index (χ0v) is 12.4. The molecule has 102 valence electrons. The van der Waals surface area contributed by atoms with Gasteiger partial charge < -0.3 is 4.74 Å². The normalized spacial score (nSPS) is 12.5. The highest BCUT2D eigenvalue weighted by atomic mass is 79.9. The van der Waals surface area contributed by atoms with E-state index in [4.69, 9.17) is 4.74 Å². The molecule has 0 amide bonds. The van der Waals surface area contributed by atoms with Crippen molar-refractivity contribution in [2.75, 3.05) is 0 Å². The van der Waals surface area contributed by atoms with E-state index >= 15 is 0 Å². The van der Waals surface area contributed by atoms with Crippen molar-refractivity contribution in [1.82, 2.24) is 0 Å². The summed E-state index contributed by atoms with van der Waals surface area (Å²) in [6, 6.07) is 2.91. The van der Waals surface area contributed by atoms with E-state index in [9.17, 15) is 8.78 Å². The van der Waals surface area contributed by atoms with E-state index in [-0.39, 0.29) is 16.3 Å². The van der Waals surface area contributed by atoms with Crippen molar-refractivity contribution >= 4 is 15.9 Å². The van der Waals surface area contributed by atoms with E-state index < -0.39 is 11.6 Å². The van der Waals surface area contributed by atoms with E-state index in [2.05, 4.69) is 22.9 Å². The number of halogens is 3. The Balaban J connectivity index is 2.49. The van der Waals surface area contributed by atoms with Crippen LogP contribution in [0, 0.1) is 11.6 Å². The Morgan fingerprint density at radius 1 is 1.17 bits per heavy atom. The minimum atomic E-state index is -0.926. The summed E-state index contributed by atoms with van der Waals surface area (Å²) in [4.78, 5) is 0. The second-order valence-corrected chi connectivity index (χ2v) is 5.31. The first-order valence-electron chi connectivity index (χ1n) is 6.36. The summed E-state index contributed by atoms with van der Waals surface area (Å²) in [5.74, 6) is -1.84. The predicted molar refractivity (Wildman–Crippen MR) is 72.9 cm³/mol. The van der Waals surface area contributed by atoms with Crippen LogP contribution in [-0.2, 0) is 0 Å². The fourth-order valence-electron chi connectivity index (χ4n) is 1.73. The van der Waals surface area contributed by atoms with Gasteiger partial charge in [0.15, 0.2) is 11.6 Å². The summed E-state index contributed by atoms with van der Waals surface area (Å²) >= 11 is 2.94. The monoisotopic (exact) mass is 320 g/mol. The lowest BCUT2D eigenvalue weighted by molar-refractivity contribution is 0.195. The first kappa shape index (κ1) is 15.4. The molecule has 18 heavy (non-hydrogen) atoms. The number of hydrogen-bond acceptors (Lipinski definition) is 1. The predicted octanol–water partition coefficient (Wildman–Crippen LogP) is 5.47. The molecule has 0 bridgehead atoms. The van der Waals surface area contributed by atoms with Crippen molar-refractivity contribution in [2.24, 2.45) is 0 Å². The molecule has 1 aromatic carbocycles. The maximum atomic E-state index is 13.5. The fourth-order valence-corrected chi connectivity index (χ4v) is 2.04. The highest BCUT2D eigenvalue weighted by Gasteiger charge is 2.14. The molecule has 0 aliphatic heterocycles. The van der Waals surface area contributed by atoms with Crippen LogP contribution in [0.15, 0.2) is 16.6 Å². The van der Waals surface area contributed by atoms with Gasteiger partial charge in [-0.15, -0.1) is 0 Å². The van der Waals surface area contributed by atoms with Gasteiger partial charge in [0.05, 0.1) is 10.6 Å². The van der Waals surface area contributed by atoms with Gasteiger partial charge in [0.2, 0.25) is 5.82 Å². The van der Waals surface area contributed by atoms with E-state index in [0.29, 0.717) is 0 Å². The van der Waals surface area contributed by atoms with Crippen LogP contribution >= 0.6 is 15.9 Å². The van der Waals surface area contributed by atoms with E-state index in [1.54, 1.807) is 0 Å². The highest BCUT2D eigenvalue weighted by molar-refractivity contribution is 9.10. The molecule has 0 radical (unpaired) electrons. The molecule has 0 aliphatic rings. The van der Waals surface area contributed by atoms with Gasteiger partial charge in [-0.1, -0.05) is 26.2 Å². The van der Waals surface area contributed by atoms with Gasteiger partial charge in [-0.3, -0.25) is 0 Å². The van der Waals surface area contributed by atoms with Gasteiger partial charge in [0.1, 0.15) is 0 Å². The van der Waals surface area contributed by atoms with Crippen molar-refractivity contribution in [3.63, 3.8) is 0 Å². The van der Waals surface area contributed by atoms with Crippen LogP contribution in [0.4, 0.5) is 8.78 Å². The Bertz CT molecular complexity index is 382. The van der Waals surface area contributed by atoms with Crippen molar-refractivity contribution in [1.29, 1.82) is 0 Å². The number of hydrogen-bond donors (Lipinski definition) is 0. The Hall–Kier alpha value is -0.640. The molecule has 0 aliphatic carbocycles. The SMILES string of the molecule is CCCCCCC(C)Oc1ccc(Br)c(F)c1F. The lowest BCUT2D eigenvalue weighted by Crippen LogP contribution is -2.13. The Morgan fingerprint density at radius 3 is 2.56 bits per heavy atom. The number of unbranched alkanes of at least 4 members (excludes halogenated alkanes) is 3. The Labute approximate surface area is 116 Å². The van der Waals surface area contributed by atoms with Crippen LogP contribution in [0.3, 0.4) is 0 Å². The van der Waals surface area contributed by atoms with Crippen LogP contribution < -0.4 is 4.74 Å². The van der Waals surface area contributed by atoms with Gasteiger partial charge in [0, 0.05) is 0 Å². The summed E-state index contributed by atoms with van der Waals surface area (Å²) in [6.07, 6.45) is 5.35. The summed E-state index contributed by atoms with van der Waals surface area (Å²) in [6.45, 7) is 4.03. The molecule has 1 nitrogen and oxygen atoms in total. The first-order chi connectivity index (χ1) is 8.56. The standard InChI is InChI=1S/C14H19BrF2O/c1-3-4-5-6-7-10(2)18-12-9-8-11(15)13(16)14(12)17/h8-10H,3-7H2,1-2H3. The third kappa shape index (κ3) is 4.56. The van der Waals surface area contributed by atoms with Crippen LogP contribution in [0.2, 0.25) is 0 Å². The Morgan fingerprint density at radius 2 is 1.89 bits per heavy atom. The summed E-state index contributed by atoms with van der Waals surface area (Å²) in [5.41, 5.74) is 0. The molecular formula is C14H19BrF2O. The van der Waals surface area contributed by atoms with Crippen LogP contribution in [0.1, 0.15) is 46.0 Å². The zero-order valence-electron chi connectivity index (χ0n) is 10.8. The highest BCUT2D eigenvalue weighted by Crippen LogP contribution is 2.27. The first-order valence-corrected chi connectivity index (χ1v) is 7.15. The topological polar surface area (TPSA) is 9.23 Å². The molecule has 0 saturated carbocycles. The molecule has 1 unspecified atom stereocenters. The van der Waals surface area contributed by atoms with Crippen LogP contribution in [-0.4, -0.2) is 6.10 Å². The van der Waals surface area contributed by atoms with Crippen molar-refractivity contribution in [3.05, 3.63) is 28.2 Å². The molecule has 1 aromatic rings. The third-order valence-corrected chi connectivity index (χ3v) is 3.40. The third-order valence-electron chi connectivity index (χ3n) is 2.79. The quantitative estimate of drug-likeness (QED) is 0.478. The second-order valence-electron chi connectivity index (χ2n) is 4.45. The lowest BCUT2D eigenvalue weighted by Gasteiger charge is -2.15. The van der Waals surface area contributed by atoms with E-state index in [1.165, 1.54) is 25.0 Å². The summed E-state index contributed by atoms with van der Waals surface area (Å²) < 4.78 is 32.4. The molecule has 1 atom stereocenters. The fraction of sp³-hybridized carbons (Fsp3) is 0.571. The van der Waals surface area contributed by atoms with Crippen molar-refractivity contribution in [3.8, 4) is 5.75 Å². The summed E-state index contributed by atoms with van der Waals surface area (Å²) in [7, 11) is 0. The summed E-state index contributed by atoms with van der Waals surface area (Å²) in [5, 5.41) is 0. The lowest BCUT2D eigenvalue weighted by atomic mass is 10.1. The molecular weight excluding hydrogens is 302 g/mol. The minimum absolute atomic E-state index is 0.0151. The zero-order chi connectivity index (χ0) is 13.5. The molecule has 0 N–H and O–H groups in total. The van der Waals surface area contributed by atoms with Gasteiger partial charge in [-0.2, -0.15) is 4.39 Å². The van der Waals surface area contributed by atoms with Crippen LogP contribution in [0.25, 0.3) is 0 Å². The smallest absolute Gasteiger partial charge is 0.201 e. The number of ether oxygens (including phenoxy) is 1. The van der Waals surface area contributed by atoms with Crippen molar-refractivity contribution < 1.29 is 13.5 Å². The molecule has 0 heterocycles. The Kier molecular flexibility index (Phi) is 6.61. The maximum absolute atomic E-state index is 13.5. The van der Waals surface area contributed by atoms with Gasteiger partial charge in [-0.05, 0) is 47.8 Å². The average molecular weight is 321 g/mol. The molecule has 0 fully saturated rings. The molecule has 1 rings (SSSR count). The number of benzene rings is 1. The van der Waals surface area contributed by atoms with Gasteiger partial charge >= 0.3 is 0 Å². The number of rotatable bonds is 7. The molecule has 0 aromatic heterocycles. The molecule has 0 saturated heterocycles. The molecule has 4 heteroatoms. The van der Waals surface area contributed by atoms with Crippen molar-refractivity contribution in [2.45, 2.75) is 52.1 Å². The second kappa shape index (κ2) is 7.72. The molecule has 0 spiro atoms. The largest absolute Gasteiger partial charge is 0.488 e. The van der Waals surface area contributed by atoms with E-state index in [0.717, 1.165) is 19.3 Å². The minimum Gasteiger partial charge on any atom is -0.488 e.